The molecule has 0 bridgehead atoms. The summed E-state index contributed by atoms with van der Waals surface area (Å²) in [6.07, 6.45) is 2.98. The van der Waals surface area contributed by atoms with Gasteiger partial charge in [0.15, 0.2) is 5.69 Å². The van der Waals surface area contributed by atoms with E-state index in [1.165, 1.54) is 10.8 Å². The SMILES string of the molecule is Cc1cccc(C=CC(=O)NNC(=O)c2nn(C(C)C)c(=O)c3ccccc23)c1. The third-order valence-electron chi connectivity index (χ3n) is 4.30. The van der Waals surface area contributed by atoms with Crippen molar-refractivity contribution < 1.29 is 9.59 Å². The highest BCUT2D eigenvalue weighted by atomic mass is 16.2. The van der Waals surface area contributed by atoms with Crippen molar-refractivity contribution in [2.24, 2.45) is 0 Å². The summed E-state index contributed by atoms with van der Waals surface area (Å²) in [6.45, 7) is 5.58. The summed E-state index contributed by atoms with van der Waals surface area (Å²) in [5.74, 6) is -1.09. The summed E-state index contributed by atoms with van der Waals surface area (Å²) in [6, 6.07) is 14.2. The van der Waals surface area contributed by atoms with Gasteiger partial charge in [-0.05, 0) is 38.5 Å². The molecule has 3 rings (SSSR count). The minimum atomic E-state index is -0.604. The van der Waals surface area contributed by atoms with E-state index in [1.54, 1.807) is 30.3 Å². The molecule has 0 aliphatic heterocycles. The maximum absolute atomic E-state index is 12.6. The second-order valence-corrected chi connectivity index (χ2v) is 6.93. The van der Waals surface area contributed by atoms with E-state index in [0.29, 0.717) is 10.8 Å². The van der Waals surface area contributed by atoms with E-state index in [1.807, 2.05) is 45.0 Å². The number of carbonyl (C=O) groups excluding carboxylic acids is 2. The van der Waals surface area contributed by atoms with E-state index in [4.69, 9.17) is 0 Å². The number of aryl methyl sites for hydroxylation is 1. The van der Waals surface area contributed by atoms with E-state index in [9.17, 15) is 14.4 Å². The molecule has 0 fully saturated rings. The molecule has 148 valence electrons. The number of rotatable bonds is 4. The first kappa shape index (κ1) is 20.0. The second kappa shape index (κ2) is 8.52. The zero-order chi connectivity index (χ0) is 21.0. The van der Waals surface area contributed by atoms with Gasteiger partial charge in [0, 0.05) is 11.5 Å². The molecule has 0 aliphatic carbocycles. The van der Waals surface area contributed by atoms with Crippen LogP contribution in [-0.4, -0.2) is 21.6 Å². The lowest BCUT2D eigenvalue weighted by atomic mass is 10.1. The van der Waals surface area contributed by atoms with Gasteiger partial charge in [0.25, 0.3) is 17.4 Å². The zero-order valence-electron chi connectivity index (χ0n) is 16.5. The van der Waals surface area contributed by atoms with Gasteiger partial charge in [-0.1, -0.05) is 48.0 Å². The molecule has 0 unspecified atom stereocenters. The molecular weight excluding hydrogens is 368 g/mol. The van der Waals surface area contributed by atoms with Crippen molar-refractivity contribution in [3.05, 3.63) is 81.8 Å². The number of hydrogen-bond donors (Lipinski definition) is 2. The molecule has 2 aromatic carbocycles. The van der Waals surface area contributed by atoms with Crippen LogP contribution in [0.4, 0.5) is 0 Å². The average Bonchev–Trinajstić information content (AvgIpc) is 2.70. The van der Waals surface area contributed by atoms with Crippen LogP contribution in [0.1, 0.15) is 41.5 Å². The Morgan fingerprint density at radius 3 is 2.45 bits per heavy atom. The highest BCUT2D eigenvalue weighted by Gasteiger charge is 2.17. The third-order valence-corrected chi connectivity index (χ3v) is 4.30. The molecule has 2 amide bonds. The molecule has 0 saturated carbocycles. The van der Waals surface area contributed by atoms with E-state index in [0.717, 1.165) is 11.1 Å². The van der Waals surface area contributed by atoms with E-state index < -0.39 is 11.8 Å². The first-order valence-electron chi connectivity index (χ1n) is 9.23. The standard InChI is InChI=1S/C22H22N4O3/c1-14(2)26-22(29)18-10-5-4-9-17(18)20(25-26)21(28)24-23-19(27)12-11-16-8-6-7-15(3)13-16/h4-14H,1-3H3,(H,23,27)(H,24,28). The fourth-order valence-corrected chi connectivity index (χ4v) is 2.89. The van der Waals surface area contributed by atoms with Gasteiger partial charge in [-0.3, -0.25) is 25.2 Å². The van der Waals surface area contributed by atoms with Gasteiger partial charge in [0.1, 0.15) is 0 Å². The number of hydrazine groups is 1. The molecule has 3 aromatic rings. The van der Waals surface area contributed by atoms with Gasteiger partial charge in [-0.15, -0.1) is 0 Å². The van der Waals surface area contributed by atoms with Crippen LogP contribution < -0.4 is 16.4 Å². The lowest BCUT2D eigenvalue weighted by Gasteiger charge is -2.13. The fourth-order valence-electron chi connectivity index (χ4n) is 2.89. The summed E-state index contributed by atoms with van der Waals surface area (Å²) >= 11 is 0. The van der Waals surface area contributed by atoms with Gasteiger partial charge in [-0.2, -0.15) is 5.10 Å². The summed E-state index contributed by atoms with van der Waals surface area (Å²) in [4.78, 5) is 37.2. The van der Waals surface area contributed by atoms with Gasteiger partial charge >= 0.3 is 0 Å². The Hall–Kier alpha value is -3.74. The lowest BCUT2D eigenvalue weighted by Crippen LogP contribution is -2.42. The first-order chi connectivity index (χ1) is 13.9. The van der Waals surface area contributed by atoms with Crippen LogP contribution in [0.5, 0.6) is 0 Å². The molecule has 7 heteroatoms. The Morgan fingerprint density at radius 2 is 1.76 bits per heavy atom. The van der Waals surface area contributed by atoms with Crippen molar-refractivity contribution >= 4 is 28.7 Å². The molecule has 0 atom stereocenters. The molecule has 0 spiro atoms. The van der Waals surface area contributed by atoms with Gasteiger partial charge in [0.2, 0.25) is 0 Å². The van der Waals surface area contributed by atoms with Crippen molar-refractivity contribution in [2.45, 2.75) is 26.8 Å². The predicted molar refractivity (Wildman–Crippen MR) is 112 cm³/mol. The molecular formula is C22H22N4O3. The Kier molecular flexibility index (Phi) is 5.87. The highest BCUT2D eigenvalue weighted by Crippen LogP contribution is 2.14. The van der Waals surface area contributed by atoms with E-state index in [-0.39, 0.29) is 17.3 Å². The van der Waals surface area contributed by atoms with Crippen molar-refractivity contribution in [3.8, 4) is 0 Å². The number of amides is 2. The predicted octanol–water partition coefficient (Wildman–Crippen LogP) is 2.76. The van der Waals surface area contributed by atoms with Crippen molar-refractivity contribution in [3.63, 3.8) is 0 Å². The van der Waals surface area contributed by atoms with Crippen molar-refractivity contribution in [1.29, 1.82) is 0 Å². The normalized spacial score (nSPS) is 11.2. The molecule has 7 nitrogen and oxygen atoms in total. The third kappa shape index (κ3) is 4.57. The maximum Gasteiger partial charge on any atom is 0.290 e. The Bertz CT molecular complexity index is 1160. The number of hydrogen-bond acceptors (Lipinski definition) is 4. The van der Waals surface area contributed by atoms with E-state index in [2.05, 4.69) is 16.0 Å². The van der Waals surface area contributed by atoms with Crippen molar-refractivity contribution in [2.75, 3.05) is 0 Å². The van der Waals surface area contributed by atoms with Gasteiger partial charge in [-0.25, -0.2) is 4.68 Å². The minimum Gasteiger partial charge on any atom is -0.268 e. The van der Waals surface area contributed by atoms with Crippen LogP contribution in [-0.2, 0) is 4.79 Å². The minimum absolute atomic E-state index is 0.0665. The smallest absolute Gasteiger partial charge is 0.268 e. The molecule has 2 N–H and O–H groups in total. The number of benzene rings is 2. The molecule has 29 heavy (non-hydrogen) atoms. The van der Waals surface area contributed by atoms with Gasteiger partial charge in [0.05, 0.1) is 11.4 Å². The highest BCUT2D eigenvalue weighted by molar-refractivity contribution is 6.05. The first-order valence-corrected chi connectivity index (χ1v) is 9.23. The van der Waals surface area contributed by atoms with Gasteiger partial charge < -0.3 is 0 Å². The van der Waals surface area contributed by atoms with Crippen LogP contribution in [0.15, 0.2) is 59.4 Å². The van der Waals surface area contributed by atoms with Crippen LogP contribution in [0, 0.1) is 6.92 Å². The quantitative estimate of drug-likeness (QED) is 0.529. The zero-order valence-corrected chi connectivity index (χ0v) is 16.5. The van der Waals surface area contributed by atoms with Crippen LogP contribution in [0.3, 0.4) is 0 Å². The molecule has 0 saturated heterocycles. The second-order valence-electron chi connectivity index (χ2n) is 6.93. The number of nitrogens with zero attached hydrogens (tertiary/aromatic N) is 2. The summed E-state index contributed by atoms with van der Waals surface area (Å²) in [7, 11) is 0. The largest absolute Gasteiger partial charge is 0.290 e. The van der Waals surface area contributed by atoms with E-state index >= 15 is 0 Å². The Labute approximate surface area is 168 Å². The number of carbonyl (C=O) groups is 2. The lowest BCUT2D eigenvalue weighted by molar-refractivity contribution is -0.117. The summed E-state index contributed by atoms with van der Waals surface area (Å²) in [5.41, 5.74) is 6.46. The maximum atomic E-state index is 12.6. The number of fused-ring (bicyclic) bond motifs is 1. The fraction of sp³-hybridized carbons (Fsp3) is 0.182. The summed E-state index contributed by atoms with van der Waals surface area (Å²) in [5, 5.41) is 5.03. The number of nitrogens with one attached hydrogen (secondary N) is 2. The summed E-state index contributed by atoms with van der Waals surface area (Å²) < 4.78 is 1.26. The molecule has 1 heterocycles. The van der Waals surface area contributed by atoms with Crippen LogP contribution >= 0.6 is 0 Å². The average molecular weight is 390 g/mol. The molecule has 1 aromatic heterocycles. The topological polar surface area (TPSA) is 93.1 Å². The van der Waals surface area contributed by atoms with Crippen LogP contribution in [0.2, 0.25) is 0 Å². The molecule has 0 aliphatic rings. The number of aromatic nitrogens is 2. The Morgan fingerprint density at radius 1 is 1.03 bits per heavy atom. The van der Waals surface area contributed by atoms with Crippen LogP contribution in [0.25, 0.3) is 16.8 Å². The molecule has 0 radical (unpaired) electrons. The Balaban J connectivity index is 1.79. The van der Waals surface area contributed by atoms with Crippen molar-refractivity contribution in [1.82, 2.24) is 20.6 Å². The monoisotopic (exact) mass is 390 g/mol.